The van der Waals surface area contributed by atoms with Gasteiger partial charge in [0.1, 0.15) is 0 Å². The zero-order valence-electron chi connectivity index (χ0n) is 38.4. The predicted octanol–water partition coefficient (Wildman–Crippen LogP) is 18.6. The van der Waals surface area contributed by atoms with E-state index in [0.717, 1.165) is 17.1 Å². The van der Waals surface area contributed by atoms with Gasteiger partial charge in [-0.3, -0.25) is 0 Å². The van der Waals surface area contributed by atoms with Gasteiger partial charge >= 0.3 is 0 Å². The van der Waals surface area contributed by atoms with E-state index in [1.54, 1.807) is 0 Å². The number of nitrogens with zero attached hydrogens (tertiary/aromatic N) is 1. The SMILES string of the molecule is c1ccc(C2(c3ccccc3)c3ccccc3-c3ccc(-c4cc5c6ccccc6c(-c6ccc(N(c7cccc8ccccc78)c7cccc8ccccc78)cc6)cc5c5ccccc45)cc32)cc1. The summed E-state index contributed by atoms with van der Waals surface area (Å²) in [7, 11) is 0. The van der Waals surface area contributed by atoms with Gasteiger partial charge in [0, 0.05) is 16.5 Å². The summed E-state index contributed by atoms with van der Waals surface area (Å²) in [6.07, 6.45) is 0. The lowest BCUT2D eigenvalue weighted by Gasteiger charge is -2.34. The Bertz CT molecular complexity index is 4040. The van der Waals surface area contributed by atoms with E-state index in [2.05, 4.69) is 278 Å². The summed E-state index contributed by atoms with van der Waals surface area (Å²) >= 11 is 0. The summed E-state index contributed by atoms with van der Waals surface area (Å²) < 4.78 is 0. The number of hydrogen-bond donors (Lipinski definition) is 0. The molecule has 0 bridgehead atoms. The molecule has 0 saturated carbocycles. The molecule has 0 saturated heterocycles. The molecular weight excluding hydrogens is 843 g/mol. The van der Waals surface area contributed by atoms with Gasteiger partial charge in [0.15, 0.2) is 0 Å². The Morgan fingerprint density at radius 3 is 1.24 bits per heavy atom. The number of anilines is 3. The third-order valence-electron chi connectivity index (χ3n) is 15.1. The van der Waals surface area contributed by atoms with Crippen molar-refractivity contribution in [1.82, 2.24) is 0 Å². The molecule has 0 aromatic heterocycles. The minimum Gasteiger partial charge on any atom is -0.309 e. The Morgan fingerprint density at radius 2 is 0.671 bits per heavy atom. The maximum absolute atomic E-state index is 2.50. The van der Waals surface area contributed by atoms with Crippen LogP contribution in [0.4, 0.5) is 17.1 Å². The van der Waals surface area contributed by atoms with E-state index in [4.69, 9.17) is 0 Å². The maximum Gasteiger partial charge on any atom is 0.0713 e. The van der Waals surface area contributed by atoms with E-state index < -0.39 is 5.41 Å². The molecule has 1 nitrogen and oxygen atoms in total. The van der Waals surface area contributed by atoms with E-state index in [0.29, 0.717) is 0 Å². The van der Waals surface area contributed by atoms with Crippen molar-refractivity contribution in [2.45, 2.75) is 5.41 Å². The molecule has 326 valence electrons. The van der Waals surface area contributed by atoms with E-state index >= 15 is 0 Å². The van der Waals surface area contributed by atoms with E-state index in [1.165, 1.54) is 109 Å². The smallest absolute Gasteiger partial charge is 0.0713 e. The van der Waals surface area contributed by atoms with Crippen molar-refractivity contribution in [2.75, 3.05) is 4.90 Å². The van der Waals surface area contributed by atoms with Gasteiger partial charge in [-0.1, -0.05) is 231 Å². The highest BCUT2D eigenvalue weighted by Gasteiger charge is 2.46. The number of hydrogen-bond acceptors (Lipinski definition) is 1. The lowest BCUT2D eigenvalue weighted by atomic mass is 9.67. The first-order chi connectivity index (χ1) is 34.7. The molecule has 13 aromatic carbocycles. The molecule has 0 radical (unpaired) electrons. The van der Waals surface area contributed by atoms with Crippen LogP contribution in [0.15, 0.2) is 273 Å². The normalized spacial score (nSPS) is 12.7. The van der Waals surface area contributed by atoms with Crippen molar-refractivity contribution < 1.29 is 0 Å². The van der Waals surface area contributed by atoms with Crippen molar-refractivity contribution in [1.29, 1.82) is 0 Å². The highest BCUT2D eigenvalue weighted by molar-refractivity contribution is 6.24. The summed E-state index contributed by atoms with van der Waals surface area (Å²) in [4.78, 5) is 2.43. The highest BCUT2D eigenvalue weighted by Crippen LogP contribution is 2.57. The first-order valence-corrected chi connectivity index (χ1v) is 24.3. The second-order valence-electron chi connectivity index (χ2n) is 18.7. The Hall–Kier alpha value is -9.04. The zero-order chi connectivity index (χ0) is 46.2. The first kappa shape index (κ1) is 40.1. The van der Waals surface area contributed by atoms with Gasteiger partial charge in [0.05, 0.1) is 16.8 Å². The molecule has 0 N–H and O–H groups in total. The van der Waals surface area contributed by atoms with Crippen LogP contribution in [0.3, 0.4) is 0 Å². The van der Waals surface area contributed by atoms with Crippen LogP contribution in [0.1, 0.15) is 22.3 Å². The van der Waals surface area contributed by atoms with Crippen molar-refractivity contribution in [3.8, 4) is 33.4 Å². The maximum atomic E-state index is 2.50. The van der Waals surface area contributed by atoms with Crippen molar-refractivity contribution in [3.05, 3.63) is 295 Å². The fourth-order valence-corrected chi connectivity index (χ4v) is 12.0. The fourth-order valence-electron chi connectivity index (χ4n) is 12.0. The molecule has 1 heteroatoms. The van der Waals surface area contributed by atoms with Gasteiger partial charge in [0.2, 0.25) is 0 Å². The summed E-state index contributed by atoms with van der Waals surface area (Å²) in [6.45, 7) is 0. The molecule has 14 rings (SSSR count). The molecule has 0 heterocycles. The third-order valence-corrected chi connectivity index (χ3v) is 15.1. The average Bonchev–Trinajstić information content (AvgIpc) is 3.74. The second kappa shape index (κ2) is 16.0. The molecule has 0 spiro atoms. The fraction of sp³-hybridized carbons (Fsp3) is 0.0145. The number of benzene rings is 13. The minimum absolute atomic E-state index is 0.477. The zero-order valence-corrected chi connectivity index (χ0v) is 38.4. The van der Waals surface area contributed by atoms with E-state index in [-0.39, 0.29) is 0 Å². The molecule has 13 aromatic rings. The average molecular weight is 888 g/mol. The standard InChI is InChI=1S/C69H45N/c1-3-23-50(24-4-1)69(51-25-5-2-6-26-51)65-34-16-15-33-59(65)60-42-39-49(43-66(60)69)62-45-64-57-31-13-11-29-55(57)61(44-63(64)58-32-14-12-30-56(58)62)48-37-40-52(41-38-48)70(67-35-17-21-46-19-7-9-27-53(46)67)68-36-18-22-47-20-8-10-28-54(47)68/h1-45H. The Labute approximate surface area is 407 Å². The quantitative estimate of drug-likeness (QED) is 0.144. The highest BCUT2D eigenvalue weighted by atomic mass is 15.1. The van der Waals surface area contributed by atoms with Crippen LogP contribution in [0.5, 0.6) is 0 Å². The van der Waals surface area contributed by atoms with Crippen molar-refractivity contribution in [3.63, 3.8) is 0 Å². The van der Waals surface area contributed by atoms with E-state index in [1.807, 2.05) is 0 Å². The molecule has 0 fully saturated rings. The molecular formula is C69H45N. The second-order valence-corrected chi connectivity index (χ2v) is 18.7. The Kier molecular flexibility index (Phi) is 9.19. The molecule has 70 heavy (non-hydrogen) atoms. The summed E-state index contributed by atoms with van der Waals surface area (Å²) in [5.74, 6) is 0. The van der Waals surface area contributed by atoms with Gasteiger partial charge < -0.3 is 4.90 Å². The molecule has 0 atom stereocenters. The largest absolute Gasteiger partial charge is 0.309 e. The lowest BCUT2D eigenvalue weighted by Crippen LogP contribution is -2.28. The summed E-state index contributed by atoms with van der Waals surface area (Å²) in [5, 5.41) is 12.3. The molecule has 0 unspecified atom stereocenters. The van der Waals surface area contributed by atoms with Crippen LogP contribution in [0, 0.1) is 0 Å². The van der Waals surface area contributed by atoms with Crippen LogP contribution in [-0.2, 0) is 5.41 Å². The van der Waals surface area contributed by atoms with Crippen molar-refractivity contribution in [2.24, 2.45) is 0 Å². The lowest BCUT2D eigenvalue weighted by molar-refractivity contribution is 0.769. The van der Waals surface area contributed by atoms with E-state index in [9.17, 15) is 0 Å². The van der Waals surface area contributed by atoms with Crippen LogP contribution < -0.4 is 4.90 Å². The van der Waals surface area contributed by atoms with Crippen LogP contribution in [0.25, 0.3) is 87.2 Å². The van der Waals surface area contributed by atoms with Crippen molar-refractivity contribution >= 4 is 70.9 Å². The van der Waals surface area contributed by atoms with Gasteiger partial charge in [-0.25, -0.2) is 0 Å². The van der Waals surface area contributed by atoms with Crippen LogP contribution in [0.2, 0.25) is 0 Å². The minimum atomic E-state index is -0.477. The molecule has 0 amide bonds. The van der Waals surface area contributed by atoms with Gasteiger partial charge in [-0.2, -0.15) is 0 Å². The van der Waals surface area contributed by atoms with Gasteiger partial charge in [-0.05, 0) is 141 Å². The topological polar surface area (TPSA) is 3.24 Å². The summed E-state index contributed by atoms with van der Waals surface area (Å²) in [5.41, 5.74) is 15.6. The Morgan fingerprint density at radius 1 is 0.243 bits per heavy atom. The van der Waals surface area contributed by atoms with Crippen LogP contribution >= 0.6 is 0 Å². The molecule has 1 aliphatic carbocycles. The first-order valence-electron chi connectivity index (χ1n) is 24.3. The number of fused-ring (bicyclic) bond motifs is 10. The van der Waals surface area contributed by atoms with Gasteiger partial charge in [-0.15, -0.1) is 0 Å². The monoisotopic (exact) mass is 887 g/mol. The third kappa shape index (κ3) is 6.05. The predicted molar refractivity (Wildman–Crippen MR) is 297 cm³/mol. The Balaban J connectivity index is 0.949. The van der Waals surface area contributed by atoms with Gasteiger partial charge in [0.25, 0.3) is 0 Å². The molecule has 1 aliphatic rings. The van der Waals surface area contributed by atoms with Crippen LogP contribution in [-0.4, -0.2) is 0 Å². The molecule has 0 aliphatic heterocycles. The number of rotatable bonds is 7. The summed E-state index contributed by atoms with van der Waals surface area (Å²) in [6, 6.07) is 101.